The first-order valence-electron chi connectivity index (χ1n) is 5.58. The third-order valence-electron chi connectivity index (χ3n) is 2.77. The van der Waals surface area contributed by atoms with E-state index in [-0.39, 0.29) is 0 Å². The second kappa shape index (κ2) is 4.83. The molecule has 0 radical (unpaired) electrons. The number of nitrogens with zero attached hydrogens (tertiary/aromatic N) is 1. The predicted molar refractivity (Wildman–Crippen MR) is 64.0 cm³/mol. The van der Waals surface area contributed by atoms with Crippen molar-refractivity contribution in [3.63, 3.8) is 0 Å². The first kappa shape index (κ1) is 10.0. The second-order valence-corrected chi connectivity index (χ2v) is 3.78. The van der Waals surface area contributed by atoms with Gasteiger partial charge in [0.15, 0.2) is 0 Å². The van der Waals surface area contributed by atoms with E-state index in [9.17, 15) is 0 Å². The van der Waals surface area contributed by atoms with E-state index >= 15 is 0 Å². The van der Waals surface area contributed by atoms with Crippen molar-refractivity contribution in [3.8, 4) is 0 Å². The van der Waals surface area contributed by atoms with Crippen molar-refractivity contribution in [1.82, 2.24) is 4.57 Å². The maximum Gasteiger partial charge on any atom is 0.0262 e. The fourth-order valence-electron chi connectivity index (χ4n) is 1.88. The van der Waals surface area contributed by atoms with Gasteiger partial charge in [-0.2, -0.15) is 0 Å². The van der Waals surface area contributed by atoms with Gasteiger partial charge in [-0.3, -0.25) is 0 Å². The van der Waals surface area contributed by atoms with Crippen LogP contribution in [-0.2, 0) is 19.4 Å². The van der Waals surface area contributed by atoms with Gasteiger partial charge in [0.2, 0.25) is 0 Å². The predicted octanol–water partition coefficient (Wildman–Crippen LogP) is 3.29. The summed E-state index contributed by atoms with van der Waals surface area (Å²) in [4.78, 5) is 0. The Morgan fingerprint density at radius 1 is 1.00 bits per heavy atom. The molecule has 0 aliphatic carbocycles. The number of aryl methyl sites for hydroxylation is 3. The van der Waals surface area contributed by atoms with Crippen LogP contribution in [-0.4, -0.2) is 4.57 Å². The van der Waals surface area contributed by atoms with Crippen molar-refractivity contribution in [2.45, 2.75) is 26.3 Å². The summed E-state index contributed by atoms with van der Waals surface area (Å²) in [5, 5.41) is 0. The Kier molecular flexibility index (Phi) is 3.23. The highest BCUT2D eigenvalue weighted by molar-refractivity contribution is 5.15. The summed E-state index contributed by atoms with van der Waals surface area (Å²) in [6, 6.07) is 15.0. The van der Waals surface area contributed by atoms with Crippen LogP contribution < -0.4 is 0 Å². The van der Waals surface area contributed by atoms with Gasteiger partial charge in [0.1, 0.15) is 0 Å². The number of hydrogen-bond donors (Lipinski definition) is 0. The quantitative estimate of drug-likeness (QED) is 0.712. The largest absolute Gasteiger partial charge is 0.351 e. The lowest BCUT2D eigenvalue weighted by atomic mass is 10.1. The van der Waals surface area contributed by atoms with Crippen LogP contribution in [0.4, 0.5) is 0 Å². The summed E-state index contributed by atoms with van der Waals surface area (Å²) in [5.41, 5.74) is 2.83. The van der Waals surface area contributed by atoms with Crippen molar-refractivity contribution >= 4 is 0 Å². The van der Waals surface area contributed by atoms with E-state index in [1.54, 1.807) is 0 Å². The molecule has 15 heavy (non-hydrogen) atoms. The van der Waals surface area contributed by atoms with Gasteiger partial charge in [0.05, 0.1) is 0 Å². The van der Waals surface area contributed by atoms with Crippen molar-refractivity contribution < 1.29 is 0 Å². The molecule has 1 heteroatoms. The van der Waals surface area contributed by atoms with Crippen molar-refractivity contribution in [1.29, 1.82) is 0 Å². The average Bonchev–Trinajstić information content (AvgIpc) is 2.75. The zero-order valence-corrected chi connectivity index (χ0v) is 9.19. The molecular formula is C14H17N. The van der Waals surface area contributed by atoms with Crippen LogP contribution in [0.1, 0.15) is 18.2 Å². The van der Waals surface area contributed by atoms with Crippen LogP contribution in [0.5, 0.6) is 0 Å². The van der Waals surface area contributed by atoms with Gasteiger partial charge in [0.25, 0.3) is 0 Å². The van der Waals surface area contributed by atoms with Gasteiger partial charge >= 0.3 is 0 Å². The standard InChI is InChI=1S/C14H17N/c1-2-14-9-6-11-15(14)12-10-13-7-4-3-5-8-13/h3-9,11H,2,10,12H2,1H3. The third kappa shape index (κ3) is 2.50. The molecule has 1 nitrogen and oxygen atoms in total. The van der Waals surface area contributed by atoms with Gasteiger partial charge in [-0.15, -0.1) is 0 Å². The molecule has 0 spiro atoms. The zero-order chi connectivity index (χ0) is 10.5. The molecule has 0 N–H and O–H groups in total. The van der Waals surface area contributed by atoms with Crippen LogP contribution in [0.15, 0.2) is 48.7 Å². The highest BCUT2D eigenvalue weighted by atomic mass is 15.0. The molecule has 0 fully saturated rings. The molecule has 0 amide bonds. The first-order valence-corrected chi connectivity index (χ1v) is 5.58. The van der Waals surface area contributed by atoms with E-state index in [0.717, 1.165) is 19.4 Å². The summed E-state index contributed by atoms with van der Waals surface area (Å²) in [7, 11) is 0. The van der Waals surface area contributed by atoms with Crippen LogP contribution in [0, 0.1) is 0 Å². The lowest BCUT2D eigenvalue weighted by Gasteiger charge is -2.07. The smallest absolute Gasteiger partial charge is 0.0262 e. The molecule has 1 aromatic heterocycles. The minimum Gasteiger partial charge on any atom is -0.351 e. The van der Waals surface area contributed by atoms with E-state index in [4.69, 9.17) is 0 Å². The van der Waals surface area contributed by atoms with Gasteiger partial charge in [-0.05, 0) is 30.5 Å². The average molecular weight is 199 g/mol. The zero-order valence-electron chi connectivity index (χ0n) is 9.19. The van der Waals surface area contributed by atoms with Crippen molar-refractivity contribution in [2.24, 2.45) is 0 Å². The molecule has 0 saturated carbocycles. The monoisotopic (exact) mass is 199 g/mol. The Bertz CT molecular complexity index is 400. The summed E-state index contributed by atoms with van der Waals surface area (Å²) < 4.78 is 2.34. The molecule has 1 aromatic carbocycles. The molecular weight excluding hydrogens is 182 g/mol. The molecule has 0 aliphatic heterocycles. The highest BCUT2D eigenvalue weighted by Crippen LogP contribution is 2.06. The van der Waals surface area contributed by atoms with Gasteiger partial charge < -0.3 is 4.57 Å². The molecule has 0 atom stereocenters. The van der Waals surface area contributed by atoms with Crippen LogP contribution in [0.25, 0.3) is 0 Å². The van der Waals surface area contributed by atoms with Crippen molar-refractivity contribution in [3.05, 3.63) is 59.9 Å². The Balaban J connectivity index is 1.99. The number of rotatable bonds is 4. The molecule has 0 aliphatic rings. The lowest BCUT2D eigenvalue weighted by molar-refractivity contribution is 0.668. The SMILES string of the molecule is CCc1cccn1CCc1ccccc1. The van der Waals surface area contributed by atoms with E-state index in [0.29, 0.717) is 0 Å². The number of benzene rings is 1. The van der Waals surface area contributed by atoms with Crippen LogP contribution >= 0.6 is 0 Å². The summed E-state index contributed by atoms with van der Waals surface area (Å²) in [6.45, 7) is 3.29. The molecule has 0 unspecified atom stereocenters. The highest BCUT2D eigenvalue weighted by Gasteiger charge is 1.98. The van der Waals surface area contributed by atoms with E-state index in [1.165, 1.54) is 11.3 Å². The maximum absolute atomic E-state index is 2.34. The Morgan fingerprint density at radius 2 is 1.80 bits per heavy atom. The normalized spacial score (nSPS) is 10.5. The van der Waals surface area contributed by atoms with E-state index in [2.05, 4.69) is 60.2 Å². The molecule has 2 rings (SSSR count). The second-order valence-electron chi connectivity index (χ2n) is 3.78. The van der Waals surface area contributed by atoms with Crippen LogP contribution in [0.3, 0.4) is 0 Å². The molecule has 2 aromatic rings. The summed E-state index contributed by atoms with van der Waals surface area (Å²) >= 11 is 0. The summed E-state index contributed by atoms with van der Waals surface area (Å²) in [5.74, 6) is 0. The van der Waals surface area contributed by atoms with Crippen LogP contribution in [0.2, 0.25) is 0 Å². The van der Waals surface area contributed by atoms with E-state index in [1.807, 2.05) is 0 Å². The van der Waals surface area contributed by atoms with Gasteiger partial charge in [-0.25, -0.2) is 0 Å². The summed E-state index contributed by atoms with van der Waals surface area (Å²) in [6.07, 6.45) is 4.39. The fourth-order valence-corrected chi connectivity index (χ4v) is 1.88. The number of aromatic nitrogens is 1. The van der Waals surface area contributed by atoms with Gasteiger partial charge in [-0.1, -0.05) is 37.3 Å². The molecule has 0 saturated heterocycles. The molecule has 1 heterocycles. The Morgan fingerprint density at radius 3 is 2.53 bits per heavy atom. The minimum absolute atomic E-state index is 1.08. The Hall–Kier alpha value is -1.50. The number of hydrogen-bond acceptors (Lipinski definition) is 0. The minimum atomic E-state index is 1.08. The van der Waals surface area contributed by atoms with Crippen molar-refractivity contribution in [2.75, 3.05) is 0 Å². The lowest BCUT2D eigenvalue weighted by Crippen LogP contribution is -2.03. The Labute approximate surface area is 91.4 Å². The third-order valence-corrected chi connectivity index (χ3v) is 2.77. The van der Waals surface area contributed by atoms with E-state index < -0.39 is 0 Å². The van der Waals surface area contributed by atoms with Gasteiger partial charge in [0, 0.05) is 18.4 Å². The fraction of sp³-hybridized carbons (Fsp3) is 0.286. The molecule has 78 valence electrons. The topological polar surface area (TPSA) is 4.93 Å². The first-order chi connectivity index (χ1) is 7.40. The maximum atomic E-state index is 2.34. The molecule has 0 bridgehead atoms.